The number of carbonyl (C=O) groups excluding carboxylic acids is 5. The highest BCUT2D eigenvalue weighted by Gasteiger charge is 2.54. The number of aliphatic hydroxyl groups is 1. The van der Waals surface area contributed by atoms with E-state index < -0.39 is 198 Å². The number of esters is 4. The van der Waals surface area contributed by atoms with Gasteiger partial charge in [0, 0.05) is 22.1 Å². The zero-order valence-corrected chi connectivity index (χ0v) is 32.0. The van der Waals surface area contributed by atoms with Crippen molar-refractivity contribution in [2.45, 2.75) is 37.1 Å². The molecule has 6 atom stereocenters. The number of fused-ring (bicyclic) bond motifs is 7. The van der Waals surface area contributed by atoms with Crippen LogP contribution in [-0.2, 0) is 34.9 Å². The summed E-state index contributed by atoms with van der Waals surface area (Å²) >= 11 is 0. The van der Waals surface area contributed by atoms with Gasteiger partial charge in [0.15, 0.2) is 75.8 Å². The lowest BCUT2D eigenvalue weighted by atomic mass is 9.92. The van der Waals surface area contributed by atoms with Crippen LogP contribution in [0.3, 0.4) is 0 Å². The zero-order chi connectivity index (χ0) is 47.2. The molecule has 3 heterocycles. The fourth-order valence-corrected chi connectivity index (χ4v) is 7.53. The third-order valence-electron chi connectivity index (χ3n) is 10.7. The van der Waals surface area contributed by atoms with Gasteiger partial charge in [-0.2, -0.15) is 0 Å². The van der Waals surface area contributed by atoms with Gasteiger partial charge in [-0.1, -0.05) is 0 Å². The molecule has 1 unspecified atom stereocenters. The molecule has 2 aliphatic heterocycles. The molecule has 5 aromatic rings. The van der Waals surface area contributed by atoms with Crippen molar-refractivity contribution in [2.24, 2.45) is 5.92 Å². The van der Waals surface area contributed by atoms with Gasteiger partial charge in [0.25, 0.3) is 0 Å². The van der Waals surface area contributed by atoms with E-state index in [1.807, 2.05) is 0 Å². The number of ketones is 1. The molecule has 1 aliphatic carbocycles. The molecule has 3 aliphatic rings. The summed E-state index contributed by atoms with van der Waals surface area (Å²) in [6.45, 7) is -1.19. The van der Waals surface area contributed by atoms with Crippen LogP contribution in [0.25, 0.3) is 21.9 Å². The van der Waals surface area contributed by atoms with Gasteiger partial charge in [0.05, 0.1) is 22.1 Å². The molecule has 338 valence electrons. The third kappa shape index (κ3) is 6.73. The fraction of sp³-hybridized carbons (Fsp3) is 0.200. The molecular formula is C40H28O25. The minimum atomic E-state index is -2.53. The molecule has 65 heavy (non-hydrogen) atoms. The number of aromatic hydroxyl groups is 12. The average Bonchev–Trinajstić information content (AvgIpc) is 3.58. The lowest BCUT2D eigenvalue weighted by Gasteiger charge is -2.42. The van der Waals surface area contributed by atoms with Crippen molar-refractivity contribution in [2.75, 3.05) is 6.61 Å². The monoisotopic (exact) mass is 908 g/mol. The van der Waals surface area contributed by atoms with Crippen molar-refractivity contribution in [3.05, 3.63) is 68.8 Å². The highest BCUT2D eigenvalue weighted by atomic mass is 16.7. The first-order valence-corrected chi connectivity index (χ1v) is 18.3. The van der Waals surface area contributed by atoms with E-state index in [0.29, 0.717) is 30.3 Å². The van der Waals surface area contributed by atoms with Crippen LogP contribution in [0.15, 0.2) is 39.5 Å². The van der Waals surface area contributed by atoms with Crippen LogP contribution in [0.5, 0.6) is 69.0 Å². The predicted octanol–water partition coefficient (Wildman–Crippen LogP) is 0.533. The second-order valence-corrected chi connectivity index (χ2v) is 14.5. The Balaban J connectivity index is 1.23. The maximum Gasteiger partial charge on any atom is 0.344 e. The number of phenols is 12. The number of benzene rings is 4. The summed E-state index contributed by atoms with van der Waals surface area (Å²) in [5.41, 5.74) is -6.39. The van der Waals surface area contributed by atoms with Crippen molar-refractivity contribution < 1.29 is 118 Å². The zero-order valence-electron chi connectivity index (χ0n) is 32.0. The van der Waals surface area contributed by atoms with E-state index in [-0.39, 0.29) is 5.56 Å². The third-order valence-corrected chi connectivity index (χ3v) is 10.7. The number of cyclic esters (lactones) is 1. The Hall–Kier alpha value is -8.84. The molecule has 25 heteroatoms. The van der Waals surface area contributed by atoms with Crippen LogP contribution in [0.2, 0.25) is 0 Å². The second-order valence-electron chi connectivity index (χ2n) is 14.5. The Bertz CT molecular complexity index is 3000. The molecule has 1 saturated heterocycles. The standard InChI is InChI=1S/C40H28O25/c41-14-1-8(2-15(42)24(14)47)35(55)65-40-31(54)34(64-39(59)13-3-9-20-10(4-16(43)25(48)28(20)51)37(57)62-32(9)23(13)46)33-19(61-40)7-60-36(56)11-5-17(44)26(49)29(52)21(11)22-12(38(58)63-33)6-18(45)27(50)30(22)53/h1-2,4-6,13,19,31,33-34,40-45,47-54H,3,7H2/t13?,19-,31-,33-,34-,40+/m1/s1. The van der Waals surface area contributed by atoms with E-state index in [1.54, 1.807) is 0 Å². The van der Waals surface area contributed by atoms with Gasteiger partial charge in [-0.05, 0) is 36.8 Å². The van der Waals surface area contributed by atoms with Crippen LogP contribution in [-0.4, -0.2) is 133 Å². The normalized spacial score (nSPS) is 21.5. The van der Waals surface area contributed by atoms with Crippen molar-refractivity contribution in [3.63, 3.8) is 0 Å². The predicted molar refractivity (Wildman–Crippen MR) is 202 cm³/mol. The quantitative estimate of drug-likeness (QED) is 0.0506. The number of rotatable bonds is 4. The van der Waals surface area contributed by atoms with Gasteiger partial charge in [-0.25, -0.2) is 19.2 Å². The maximum absolute atomic E-state index is 14.2. The average molecular weight is 909 g/mol. The van der Waals surface area contributed by atoms with Gasteiger partial charge in [0.1, 0.15) is 18.6 Å². The molecule has 0 bridgehead atoms. The summed E-state index contributed by atoms with van der Waals surface area (Å²) < 4.78 is 32.5. The molecule has 0 amide bonds. The first kappa shape index (κ1) is 42.8. The summed E-state index contributed by atoms with van der Waals surface area (Å²) in [4.78, 5) is 81.8. The van der Waals surface area contributed by atoms with Crippen LogP contribution < -0.4 is 5.63 Å². The van der Waals surface area contributed by atoms with Crippen molar-refractivity contribution in [3.8, 4) is 80.1 Å². The van der Waals surface area contributed by atoms with Gasteiger partial charge < -0.3 is 94.5 Å². The Morgan fingerprint density at radius 1 is 0.631 bits per heavy atom. The summed E-state index contributed by atoms with van der Waals surface area (Å²) in [5.74, 6) is -24.8. The lowest BCUT2D eigenvalue weighted by Crippen LogP contribution is -2.62. The van der Waals surface area contributed by atoms with Crippen molar-refractivity contribution >= 4 is 40.4 Å². The van der Waals surface area contributed by atoms with Crippen LogP contribution in [0.1, 0.15) is 47.2 Å². The first-order valence-electron chi connectivity index (χ1n) is 18.3. The number of hydrogen-bond donors (Lipinski definition) is 13. The molecule has 0 saturated carbocycles. The number of carbonyl (C=O) groups is 5. The van der Waals surface area contributed by atoms with Gasteiger partial charge in [-0.15, -0.1) is 0 Å². The molecule has 25 nitrogen and oxygen atoms in total. The topological polar surface area (TPSA) is 425 Å². The molecule has 13 N–H and O–H groups in total. The van der Waals surface area contributed by atoms with Crippen molar-refractivity contribution in [1.82, 2.24) is 0 Å². The first-order chi connectivity index (χ1) is 30.6. The molecule has 0 radical (unpaired) electrons. The lowest BCUT2D eigenvalue weighted by molar-refractivity contribution is -0.288. The van der Waals surface area contributed by atoms with E-state index >= 15 is 0 Å². The smallest absolute Gasteiger partial charge is 0.344 e. The largest absolute Gasteiger partial charge is 0.504 e. The molecule has 1 aromatic heterocycles. The van der Waals surface area contributed by atoms with Gasteiger partial charge >= 0.3 is 29.5 Å². The highest BCUT2D eigenvalue weighted by Crippen LogP contribution is 2.53. The molecule has 4 aromatic carbocycles. The summed E-state index contributed by atoms with van der Waals surface area (Å²) in [5, 5.41) is 135. The second kappa shape index (κ2) is 15.2. The number of aliphatic hydroxyl groups excluding tert-OH is 1. The number of Topliss-reactive ketones (excluding diaryl/α,β-unsaturated/α-hetero) is 1. The van der Waals surface area contributed by atoms with Gasteiger partial charge in [0.2, 0.25) is 29.3 Å². The summed E-state index contributed by atoms with van der Waals surface area (Å²) in [6.07, 6.45) is -12.5. The summed E-state index contributed by atoms with van der Waals surface area (Å²) in [6, 6.07) is 2.85. The molecular weight excluding hydrogens is 880 g/mol. The minimum Gasteiger partial charge on any atom is -0.504 e. The van der Waals surface area contributed by atoms with Crippen LogP contribution in [0, 0.1) is 5.92 Å². The molecule has 0 spiro atoms. The summed E-state index contributed by atoms with van der Waals surface area (Å²) in [7, 11) is 0. The van der Waals surface area contributed by atoms with Crippen molar-refractivity contribution in [1.29, 1.82) is 0 Å². The fourth-order valence-electron chi connectivity index (χ4n) is 7.53. The minimum absolute atomic E-state index is 0.343. The van der Waals surface area contributed by atoms with E-state index in [4.69, 9.17) is 28.1 Å². The van der Waals surface area contributed by atoms with Gasteiger partial charge in [-0.3, -0.25) is 9.59 Å². The highest BCUT2D eigenvalue weighted by molar-refractivity contribution is 6.14. The Kier molecular flexibility index (Phi) is 10.0. The maximum atomic E-state index is 14.2. The van der Waals surface area contributed by atoms with E-state index in [0.717, 1.165) is 0 Å². The number of hydrogen-bond acceptors (Lipinski definition) is 25. The number of ether oxygens (including phenoxy) is 5. The van der Waals surface area contributed by atoms with E-state index in [9.17, 15) is 95.2 Å². The molecule has 8 rings (SSSR count). The Labute approximate surface area is 357 Å². The Morgan fingerprint density at radius 2 is 1.17 bits per heavy atom. The van der Waals surface area contributed by atoms with Crippen LogP contribution >= 0.6 is 0 Å². The van der Waals surface area contributed by atoms with E-state index in [2.05, 4.69) is 0 Å². The number of phenolic OH excluding ortho intramolecular Hbond substituents is 12. The molecule has 1 fully saturated rings. The Morgan fingerprint density at radius 3 is 1.77 bits per heavy atom. The SMILES string of the molecule is O=C(O[C@@H]1O[C@@H]2COC(=O)c3cc(O)c(O)c(O)c3-c3c(cc(O)c(O)c3O)C(=O)O[C@H]2[C@H](OC(=O)C2Cc3c(oc(=O)c4cc(O)c(O)c(O)c34)C2=O)[C@H]1O)c1cc(O)c(O)c(O)c1. The van der Waals surface area contributed by atoms with Crippen LogP contribution in [0.4, 0.5) is 0 Å². The van der Waals surface area contributed by atoms with E-state index in [1.165, 1.54) is 0 Å².